The minimum absolute atomic E-state index is 0.0206. The summed E-state index contributed by atoms with van der Waals surface area (Å²) < 4.78 is 59.2. The molecule has 0 unspecified atom stereocenters. The number of unbranched alkanes of at least 4 members (excludes halogenated alkanes) is 1. The lowest BCUT2D eigenvalue weighted by molar-refractivity contribution is 0.0905. The first-order chi connectivity index (χ1) is 14.4. The number of nitrogens with zero attached hydrogens (tertiary/aromatic N) is 2. The van der Waals surface area contributed by atoms with Gasteiger partial charge in [-0.15, -0.1) is 0 Å². The maximum absolute atomic E-state index is 13.4. The number of ether oxygens (including phenoxy) is 1. The normalized spacial score (nSPS) is 22.4. The third-order valence-electron chi connectivity index (χ3n) is 5.28. The van der Waals surface area contributed by atoms with Gasteiger partial charge in [0.25, 0.3) is 0 Å². The van der Waals surface area contributed by atoms with Crippen LogP contribution in [0.25, 0.3) is 0 Å². The Morgan fingerprint density at radius 1 is 1.39 bits per heavy atom. The Morgan fingerprint density at radius 3 is 2.65 bits per heavy atom. The second kappa shape index (κ2) is 10.3. The van der Waals surface area contributed by atoms with E-state index in [0.29, 0.717) is 5.56 Å². The third kappa shape index (κ3) is 6.20. The van der Waals surface area contributed by atoms with Gasteiger partial charge in [0.05, 0.1) is 19.4 Å². The van der Waals surface area contributed by atoms with Gasteiger partial charge in [-0.25, -0.2) is 21.1 Å². The van der Waals surface area contributed by atoms with Crippen LogP contribution in [0.1, 0.15) is 39.2 Å². The van der Waals surface area contributed by atoms with E-state index < -0.39 is 32.2 Å². The molecule has 2 rings (SSSR count). The maximum Gasteiger partial charge on any atom is 0.247 e. The highest BCUT2D eigenvalue weighted by Crippen LogP contribution is 2.34. The van der Waals surface area contributed by atoms with Crippen LogP contribution in [0.4, 0.5) is 0 Å². The second-order valence-electron chi connectivity index (χ2n) is 8.00. The zero-order valence-corrected chi connectivity index (χ0v) is 20.3. The maximum atomic E-state index is 13.4. The number of sulfonamides is 2. The number of aliphatic hydroxyl groups is 1. The Morgan fingerprint density at radius 2 is 2.06 bits per heavy atom. The molecule has 1 heterocycles. The Balaban J connectivity index is 2.59. The molecule has 10 heteroatoms. The van der Waals surface area contributed by atoms with Gasteiger partial charge in [0.1, 0.15) is 16.7 Å². The summed E-state index contributed by atoms with van der Waals surface area (Å²) in [5.74, 6) is 5.84. The molecule has 0 fully saturated rings. The van der Waals surface area contributed by atoms with E-state index >= 15 is 0 Å². The number of hydrogen-bond acceptors (Lipinski definition) is 6. The van der Waals surface area contributed by atoms with Crippen LogP contribution >= 0.6 is 0 Å². The summed E-state index contributed by atoms with van der Waals surface area (Å²) in [6.45, 7) is 5.27. The van der Waals surface area contributed by atoms with Crippen molar-refractivity contribution in [3.8, 4) is 17.6 Å². The molecule has 31 heavy (non-hydrogen) atoms. The van der Waals surface area contributed by atoms with E-state index in [1.807, 2.05) is 13.8 Å². The molecule has 1 aromatic carbocycles. The third-order valence-corrected chi connectivity index (χ3v) is 8.58. The molecule has 0 radical (unpaired) electrons. The summed E-state index contributed by atoms with van der Waals surface area (Å²) in [6.07, 6.45) is 2.15. The van der Waals surface area contributed by atoms with Gasteiger partial charge < -0.3 is 9.84 Å². The summed E-state index contributed by atoms with van der Waals surface area (Å²) in [7, 11) is -5.93. The monoisotopic (exact) mass is 472 g/mol. The molecule has 1 N–H and O–H groups in total. The van der Waals surface area contributed by atoms with Crippen LogP contribution in [-0.4, -0.2) is 75.7 Å². The highest BCUT2D eigenvalue weighted by Gasteiger charge is 2.38. The van der Waals surface area contributed by atoms with Gasteiger partial charge >= 0.3 is 0 Å². The predicted octanol–water partition coefficient (Wildman–Crippen LogP) is 1.50. The Kier molecular flexibility index (Phi) is 8.53. The molecule has 174 valence electrons. The van der Waals surface area contributed by atoms with Gasteiger partial charge in [0.2, 0.25) is 20.0 Å². The molecule has 0 saturated heterocycles. The van der Waals surface area contributed by atoms with Gasteiger partial charge in [-0.2, -0.15) is 4.31 Å². The van der Waals surface area contributed by atoms with Crippen molar-refractivity contribution >= 4 is 20.0 Å². The first-order valence-electron chi connectivity index (χ1n) is 10.2. The first-order valence-corrected chi connectivity index (χ1v) is 13.5. The van der Waals surface area contributed by atoms with Crippen molar-refractivity contribution in [3.05, 3.63) is 23.8 Å². The smallest absolute Gasteiger partial charge is 0.247 e. The summed E-state index contributed by atoms with van der Waals surface area (Å²) in [4.78, 5) is -0.0206. The van der Waals surface area contributed by atoms with Crippen molar-refractivity contribution in [2.24, 2.45) is 5.92 Å². The number of rotatable bonds is 6. The molecular formula is C21H32N2O6S2. The molecule has 0 amide bonds. The topological polar surface area (TPSA) is 104 Å². The molecule has 0 bridgehead atoms. The second-order valence-corrected chi connectivity index (χ2v) is 11.9. The molecule has 1 aliphatic rings. The average molecular weight is 473 g/mol. The Bertz CT molecular complexity index is 1040. The molecular weight excluding hydrogens is 440 g/mol. The van der Waals surface area contributed by atoms with E-state index in [-0.39, 0.29) is 36.3 Å². The molecule has 0 saturated carbocycles. The van der Waals surface area contributed by atoms with Crippen molar-refractivity contribution in [3.63, 3.8) is 0 Å². The van der Waals surface area contributed by atoms with Gasteiger partial charge in [-0.05, 0) is 31.5 Å². The quantitative estimate of drug-likeness (QED) is 0.629. The molecule has 1 aliphatic heterocycles. The van der Waals surface area contributed by atoms with Crippen LogP contribution in [0, 0.1) is 17.8 Å². The minimum Gasteiger partial charge on any atom is -0.487 e. The van der Waals surface area contributed by atoms with Crippen LogP contribution < -0.4 is 4.74 Å². The van der Waals surface area contributed by atoms with E-state index in [9.17, 15) is 21.9 Å². The molecule has 0 aliphatic carbocycles. The predicted molar refractivity (Wildman–Crippen MR) is 120 cm³/mol. The Labute approximate surface area is 186 Å². The van der Waals surface area contributed by atoms with E-state index in [1.54, 1.807) is 19.1 Å². The fraction of sp³-hybridized carbons (Fsp3) is 0.619. The van der Waals surface area contributed by atoms with Gasteiger partial charge in [-0.3, -0.25) is 0 Å². The lowest BCUT2D eigenvalue weighted by Crippen LogP contribution is -2.50. The fourth-order valence-corrected chi connectivity index (χ4v) is 5.44. The van der Waals surface area contributed by atoms with Gasteiger partial charge in [0, 0.05) is 37.5 Å². The van der Waals surface area contributed by atoms with Crippen molar-refractivity contribution in [1.29, 1.82) is 0 Å². The van der Waals surface area contributed by atoms with Crippen LogP contribution in [0.3, 0.4) is 0 Å². The minimum atomic E-state index is -3.94. The Hall–Kier alpha value is -1.64. The number of fused-ring (bicyclic) bond motifs is 1. The van der Waals surface area contributed by atoms with Gasteiger partial charge in [0.15, 0.2) is 0 Å². The first kappa shape index (κ1) is 25.6. The number of aliphatic hydroxyl groups excluding tert-OH is 1. The molecule has 0 aromatic heterocycles. The zero-order chi connectivity index (χ0) is 23.4. The van der Waals surface area contributed by atoms with E-state index in [2.05, 4.69) is 11.8 Å². The lowest BCUT2D eigenvalue weighted by Gasteiger charge is -2.37. The molecule has 0 spiro atoms. The highest BCUT2D eigenvalue weighted by atomic mass is 32.2. The summed E-state index contributed by atoms with van der Waals surface area (Å²) >= 11 is 0. The van der Waals surface area contributed by atoms with Crippen molar-refractivity contribution < 1.29 is 26.7 Å². The molecule has 3 atom stereocenters. The van der Waals surface area contributed by atoms with Crippen molar-refractivity contribution in [2.75, 3.05) is 33.0 Å². The SMILES string of the molecule is CCCC#Cc1ccc2c(c1)O[C@H](CN(C)S(C)(=O)=O)[C@H](C)CN([C@H](C)CO)S2(=O)=O. The van der Waals surface area contributed by atoms with Crippen LogP contribution in [-0.2, 0) is 20.0 Å². The number of likely N-dealkylation sites (N-methyl/N-ethyl adjacent to an activating group) is 1. The molecule has 1 aromatic rings. The van der Waals surface area contributed by atoms with Crippen molar-refractivity contribution in [1.82, 2.24) is 8.61 Å². The van der Waals surface area contributed by atoms with Crippen molar-refractivity contribution in [2.45, 2.75) is 50.7 Å². The van der Waals surface area contributed by atoms with E-state index in [4.69, 9.17) is 4.74 Å². The molecule has 8 nitrogen and oxygen atoms in total. The van der Waals surface area contributed by atoms with E-state index in [0.717, 1.165) is 19.1 Å². The fourth-order valence-electron chi connectivity index (χ4n) is 3.20. The summed E-state index contributed by atoms with van der Waals surface area (Å²) in [5, 5.41) is 9.66. The highest BCUT2D eigenvalue weighted by molar-refractivity contribution is 7.89. The van der Waals surface area contributed by atoms with Crippen LogP contribution in [0.2, 0.25) is 0 Å². The summed E-state index contributed by atoms with van der Waals surface area (Å²) in [6, 6.07) is 4.04. The van der Waals surface area contributed by atoms with Crippen LogP contribution in [0.15, 0.2) is 23.1 Å². The number of benzene rings is 1. The lowest BCUT2D eigenvalue weighted by atomic mass is 10.0. The largest absolute Gasteiger partial charge is 0.487 e. The number of hydrogen-bond donors (Lipinski definition) is 1. The van der Waals surface area contributed by atoms with E-state index in [1.165, 1.54) is 21.7 Å². The van der Waals surface area contributed by atoms with Crippen LogP contribution in [0.5, 0.6) is 5.75 Å². The van der Waals surface area contributed by atoms with Gasteiger partial charge in [-0.1, -0.05) is 25.7 Å². The summed E-state index contributed by atoms with van der Waals surface area (Å²) in [5.41, 5.74) is 0.618. The zero-order valence-electron chi connectivity index (χ0n) is 18.7. The standard InChI is InChI=1S/C21H32N2O6S2/c1-6-7-8-9-18-10-11-21-19(12-18)29-20(14-22(4)30(5,25)26)16(2)13-23(17(3)15-24)31(21,27)28/h10-12,16-17,20,24H,6-7,13-15H2,1-5H3/t16-,17-,20-/m1/s1. The average Bonchev–Trinajstić information content (AvgIpc) is 2.69.